The molecule has 88 valence electrons. The van der Waals surface area contributed by atoms with Crippen LogP contribution in [0.1, 0.15) is 40.0 Å². The number of amides is 1. The molecule has 15 heavy (non-hydrogen) atoms. The van der Waals surface area contributed by atoms with Crippen LogP contribution in [0.2, 0.25) is 0 Å². The standard InChI is InChI=1S/C11H22N2O2/c1-11(2,3)13-10(14)15-9-5-4-7-12-8-6-9/h9,12H,4-8H2,1-3H3,(H,13,14). The minimum atomic E-state index is -0.297. The van der Waals surface area contributed by atoms with Crippen LogP contribution in [-0.2, 0) is 4.74 Å². The molecule has 4 heteroatoms. The molecule has 0 bridgehead atoms. The van der Waals surface area contributed by atoms with Crippen molar-refractivity contribution in [1.29, 1.82) is 0 Å². The second-order valence-electron chi connectivity index (χ2n) is 5.08. The zero-order valence-corrected chi connectivity index (χ0v) is 9.93. The van der Waals surface area contributed by atoms with Gasteiger partial charge in [0.15, 0.2) is 0 Å². The van der Waals surface area contributed by atoms with Gasteiger partial charge in [0.2, 0.25) is 0 Å². The highest BCUT2D eigenvalue weighted by Gasteiger charge is 2.19. The lowest BCUT2D eigenvalue weighted by molar-refractivity contribution is 0.0847. The van der Waals surface area contributed by atoms with Crippen molar-refractivity contribution in [2.24, 2.45) is 0 Å². The molecule has 1 unspecified atom stereocenters. The first-order valence-electron chi connectivity index (χ1n) is 5.67. The summed E-state index contributed by atoms with van der Waals surface area (Å²) in [5, 5.41) is 6.09. The summed E-state index contributed by atoms with van der Waals surface area (Å²) in [6.07, 6.45) is 2.73. The van der Waals surface area contributed by atoms with E-state index in [1.807, 2.05) is 20.8 Å². The first-order chi connectivity index (χ1) is 6.97. The number of carbonyl (C=O) groups is 1. The minimum Gasteiger partial charge on any atom is -0.446 e. The predicted octanol–water partition coefficient (Wildman–Crippen LogP) is 1.65. The van der Waals surface area contributed by atoms with E-state index < -0.39 is 0 Å². The van der Waals surface area contributed by atoms with Crippen molar-refractivity contribution >= 4 is 6.09 Å². The molecular formula is C11H22N2O2. The quantitative estimate of drug-likeness (QED) is 0.698. The summed E-state index contributed by atoms with van der Waals surface area (Å²) >= 11 is 0. The lowest BCUT2D eigenvalue weighted by Gasteiger charge is -2.22. The maximum Gasteiger partial charge on any atom is 0.407 e. The van der Waals surface area contributed by atoms with E-state index in [1.165, 1.54) is 0 Å². The molecule has 1 aliphatic heterocycles. The average Bonchev–Trinajstić information content (AvgIpc) is 2.28. The highest BCUT2D eigenvalue weighted by molar-refractivity contribution is 5.68. The lowest BCUT2D eigenvalue weighted by atomic mass is 10.1. The van der Waals surface area contributed by atoms with Gasteiger partial charge in [0.25, 0.3) is 0 Å². The van der Waals surface area contributed by atoms with E-state index in [9.17, 15) is 4.79 Å². The Morgan fingerprint density at radius 1 is 1.33 bits per heavy atom. The van der Waals surface area contributed by atoms with Crippen molar-refractivity contribution in [3.05, 3.63) is 0 Å². The third-order valence-electron chi connectivity index (χ3n) is 2.27. The molecule has 0 aromatic rings. The predicted molar refractivity (Wildman–Crippen MR) is 59.9 cm³/mol. The van der Waals surface area contributed by atoms with Gasteiger partial charge in [-0.1, -0.05) is 0 Å². The first-order valence-corrected chi connectivity index (χ1v) is 5.67. The SMILES string of the molecule is CC(C)(C)NC(=O)OC1CCCNCC1. The van der Waals surface area contributed by atoms with Crippen LogP contribution in [0.3, 0.4) is 0 Å². The highest BCUT2D eigenvalue weighted by Crippen LogP contribution is 2.10. The van der Waals surface area contributed by atoms with Gasteiger partial charge in [0, 0.05) is 5.54 Å². The van der Waals surface area contributed by atoms with Crippen LogP contribution < -0.4 is 10.6 Å². The maximum absolute atomic E-state index is 11.5. The van der Waals surface area contributed by atoms with E-state index in [2.05, 4.69) is 10.6 Å². The molecule has 0 spiro atoms. The molecule has 0 aromatic carbocycles. The fraction of sp³-hybridized carbons (Fsp3) is 0.909. The second-order valence-corrected chi connectivity index (χ2v) is 5.08. The Morgan fingerprint density at radius 3 is 2.73 bits per heavy atom. The Balaban J connectivity index is 2.30. The van der Waals surface area contributed by atoms with Crippen LogP contribution in [0.15, 0.2) is 0 Å². The van der Waals surface area contributed by atoms with E-state index in [-0.39, 0.29) is 17.7 Å². The Kier molecular flexibility index (Phi) is 4.39. The van der Waals surface area contributed by atoms with Crippen molar-refractivity contribution in [2.75, 3.05) is 13.1 Å². The summed E-state index contributed by atoms with van der Waals surface area (Å²) in [7, 11) is 0. The molecule has 1 fully saturated rings. The van der Waals surface area contributed by atoms with Gasteiger partial charge in [0.1, 0.15) is 6.10 Å². The first kappa shape index (κ1) is 12.3. The van der Waals surface area contributed by atoms with E-state index in [0.717, 1.165) is 32.4 Å². The Labute approximate surface area is 91.8 Å². The molecule has 0 aromatic heterocycles. The number of hydrogen-bond donors (Lipinski definition) is 2. The van der Waals surface area contributed by atoms with Gasteiger partial charge in [-0.05, 0) is 53.1 Å². The molecule has 1 aliphatic rings. The van der Waals surface area contributed by atoms with Gasteiger partial charge < -0.3 is 15.4 Å². The Hall–Kier alpha value is -0.770. The number of carbonyl (C=O) groups excluding carboxylic acids is 1. The van der Waals surface area contributed by atoms with Crippen LogP contribution in [-0.4, -0.2) is 30.8 Å². The van der Waals surface area contributed by atoms with Crippen LogP contribution in [0.25, 0.3) is 0 Å². The highest BCUT2D eigenvalue weighted by atomic mass is 16.6. The summed E-state index contributed by atoms with van der Waals surface area (Å²) < 4.78 is 5.36. The second kappa shape index (κ2) is 5.35. The molecule has 4 nitrogen and oxygen atoms in total. The van der Waals surface area contributed by atoms with Crippen molar-refractivity contribution in [1.82, 2.24) is 10.6 Å². The number of ether oxygens (including phenoxy) is 1. The molecule has 0 radical (unpaired) electrons. The van der Waals surface area contributed by atoms with Crippen LogP contribution in [0, 0.1) is 0 Å². The van der Waals surface area contributed by atoms with Crippen molar-refractivity contribution < 1.29 is 9.53 Å². The summed E-state index contributed by atoms with van der Waals surface area (Å²) in [5.74, 6) is 0. The van der Waals surface area contributed by atoms with Gasteiger partial charge in [-0.15, -0.1) is 0 Å². The topological polar surface area (TPSA) is 50.4 Å². The molecular weight excluding hydrogens is 192 g/mol. The minimum absolute atomic E-state index is 0.0716. The molecule has 1 amide bonds. The van der Waals surface area contributed by atoms with Crippen LogP contribution >= 0.6 is 0 Å². The van der Waals surface area contributed by atoms with E-state index >= 15 is 0 Å². The molecule has 1 saturated heterocycles. The third kappa shape index (κ3) is 5.62. The summed E-state index contributed by atoms with van der Waals surface area (Å²) in [6, 6.07) is 0. The Morgan fingerprint density at radius 2 is 2.07 bits per heavy atom. The van der Waals surface area contributed by atoms with Gasteiger partial charge in [-0.2, -0.15) is 0 Å². The van der Waals surface area contributed by atoms with Gasteiger partial charge in [-0.25, -0.2) is 4.79 Å². The van der Waals surface area contributed by atoms with E-state index in [1.54, 1.807) is 0 Å². The summed E-state index contributed by atoms with van der Waals surface area (Å²) in [5.41, 5.74) is -0.222. The van der Waals surface area contributed by atoms with Gasteiger partial charge in [0.05, 0.1) is 0 Å². The van der Waals surface area contributed by atoms with E-state index in [0.29, 0.717) is 0 Å². The Bertz CT molecular complexity index is 203. The smallest absolute Gasteiger partial charge is 0.407 e. The maximum atomic E-state index is 11.5. The molecule has 0 saturated carbocycles. The number of hydrogen-bond acceptors (Lipinski definition) is 3. The monoisotopic (exact) mass is 214 g/mol. The van der Waals surface area contributed by atoms with Gasteiger partial charge >= 0.3 is 6.09 Å². The van der Waals surface area contributed by atoms with Crippen molar-refractivity contribution in [3.8, 4) is 0 Å². The zero-order valence-electron chi connectivity index (χ0n) is 9.93. The normalized spacial score (nSPS) is 23.0. The lowest BCUT2D eigenvalue weighted by Crippen LogP contribution is -2.42. The van der Waals surface area contributed by atoms with Gasteiger partial charge in [-0.3, -0.25) is 0 Å². The fourth-order valence-electron chi connectivity index (χ4n) is 1.59. The van der Waals surface area contributed by atoms with Crippen molar-refractivity contribution in [3.63, 3.8) is 0 Å². The molecule has 1 heterocycles. The number of nitrogens with one attached hydrogen (secondary N) is 2. The van der Waals surface area contributed by atoms with Crippen LogP contribution in [0.5, 0.6) is 0 Å². The molecule has 1 atom stereocenters. The molecule has 0 aliphatic carbocycles. The number of alkyl carbamates (subject to hydrolysis) is 1. The molecule has 2 N–H and O–H groups in total. The summed E-state index contributed by atoms with van der Waals surface area (Å²) in [6.45, 7) is 7.81. The van der Waals surface area contributed by atoms with Crippen molar-refractivity contribution in [2.45, 2.75) is 51.7 Å². The summed E-state index contributed by atoms with van der Waals surface area (Å²) in [4.78, 5) is 11.5. The largest absolute Gasteiger partial charge is 0.446 e. The molecule has 1 rings (SSSR count). The third-order valence-corrected chi connectivity index (χ3v) is 2.27. The fourth-order valence-corrected chi connectivity index (χ4v) is 1.59. The van der Waals surface area contributed by atoms with E-state index in [4.69, 9.17) is 4.74 Å². The van der Waals surface area contributed by atoms with Crippen LogP contribution in [0.4, 0.5) is 4.79 Å². The number of rotatable bonds is 1. The zero-order chi connectivity index (χ0) is 11.3. The average molecular weight is 214 g/mol.